The molecule has 1 atom stereocenters. The van der Waals surface area contributed by atoms with Crippen molar-refractivity contribution >= 4 is 33.4 Å². The van der Waals surface area contributed by atoms with Gasteiger partial charge in [0.2, 0.25) is 0 Å². The highest BCUT2D eigenvalue weighted by Crippen LogP contribution is 2.26. The highest BCUT2D eigenvalue weighted by molar-refractivity contribution is 6.20. The van der Waals surface area contributed by atoms with Gasteiger partial charge in [-0.25, -0.2) is 4.98 Å². The van der Waals surface area contributed by atoms with E-state index in [2.05, 4.69) is 28.2 Å². The van der Waals surface area contributed by atoms with Gasteiger partial charge in [0.1, 0.15) is 5.82 Å². The maximum Gasteiger partial charge on any atom is 0.125 e. The molecule has 3 aromatic rings. The van der Waals surface area contributed by atoms with Gasteiger partial charge in [-0.1, -0.05) is 30.3 Å². The maximum absolute atomic E-state index is 6.03. The molecule has 0 fully saturated rings. The van der Waals surface area contributed by atoms with Crippen LogP contribution in [0, 0.1) is 0 Å². The fraction of sp³-hybridized carbons (Fsp3) is 0.154. The van der Waals surface area contributed by atoms with E-state index in [-0.39, 0.29) is 5.38 Å². The van der Waals surface area contributed by atoms with Crippen molar-refractivity contribution in [3.8, 4) is 0 Å². The van der Waals surface area contributed by atoms with Crippen LogP contribution in [0.4, 0.5) is 0 Å². The Kier molecular flexibility index (Phi) is 2.11. The Morgan fingerprint density at radius 2 is 2.00 bits per heavy atom. The zero-order valence-corrected chi connectivity index (χ0v) is 9.62. The van der Waals surface area contributed by atoms with Gasteiger partial charge in [0, 0.05) is 5.39 Å². The third-order valence-electron chi connectivity index (χ3n) is 2.77. The summed E-state index contributed by atoms with van der Waals surface area (Å²) >= 11 is 6.03. The molecule has 0 aliphatic rings. The molecule has 0 aliphatic heterocycles. The minimum absolute atomic E-state index is 0.0915. The first-order valence-corrected chi connectivity index (χ1v) is 5.71. The van der Waals surface area contributed by atoms with Crippen LogP contribution in [-0.4, -0.2) is 9.97 Å². The molecular formula is C13H11ClN2. The van der Waals surface area contributed by atoms with Crippen molar-refractivity contribution in [2.24, 2.45) is 0 Å². The van der Waals surface area contributed by atoms with Crippen LogP contribution in [0.15, 0.2) is 36.4 Å². The molecule has 0 amide bonds. The average Bonchev–Trinajstić information content (AvgIpc) is 2.73. The first-order valence-electron chi connectivity index (χ1n) is 5.27. The summed E-state index contributed by atoms with van der Waals surface area (Å²) in [6, 6.07) is 12.4. The van der Waals surface area contributed by atoms with Crippen LogP contribution in [0.3, 0.4) is 0 Å². The topological polar surface area (TPSA) is 28.7 Å². The molecule has 1 aromatic heterocycles. The van der Waals surface area contributed by atoms with E-state index in [1.165, 1.54) is 10.8 Å². The number of hydrogen-bond acceptors (Lipinski definition) is 1. The molecule has 2 nitrogen and oxygen atoms in total. The SMILES string of the molecule is C[C@@H](Cl)c1nc2c(ccc3ccccc32)[nH]1. The van der Waals surface area contributed by atoms with Crippen LogP contribution in [0.2, 0.25) is 0 Å². The van der Waals surface area contributed by atoms with Crippen molar-refractivity contribution in [1.82, 2.24) is 9.97 Å². The second-order valence-electron chi connectivity index (χ2n) is 3.92. The van der Waals surface area contributed by atoms with E-state index in [9.17, 15) is 0 Å². The zero-order valence-electron chi connectivity index (χ0n) is 8.87. The van der Waals surface area contributed by atoms with Crippen LogP contribution in [0.25, 0.3) is 21.8 Å². The molecule has 1 heterocycles. The monoisotopic (exact) mass is 230 g/mol. The molecule has 16 heavy (non-hydrogen) atoms. The summed E-state index contributed by atoms with van der Waals surface area (Å²) < 4.78 is 0. The summed E-state index contributed by atoms with van der Waals surface area (Å²) in [5.74, 6) is 0.827. The van der Waals surface area contributed by atoms with Gasteiger partial charge in [0.05, 0.1) is 16.4 Å². The van der Waals surface area contributed by atoms with Gasteiger partial charge >= 0.3 is 0 Å². The lowest BCUT2D eigenvalue weighted by Gasteiger charge is -1.96. The number of imidazole rings is 1. The van der Waals surface area contributed by atoms with Crippen molar-refractivity contribution in [2.45, 2.75) is 12.3 Å². The van der Waals surface area contributed by atoms with Crippen molar-refractivity contribution in [1.29, 1.82) is 0 Å². The summed E-state index contributed by atoms with van der Waals surface area (Å²) in [5.41, 5.74) is 2.04. The lowest BCUT2D eigenvalue weighted by molar-refractivity contribution is 0.962. The summed E-state index contributed by atoms with van der Waals surface area (Å²) in [6.07, 6.45) is 0. The van der Waals surface area contributed by atoms with Crippen LogP contribution in [-0.2, 0) is 0 Å². The largest absolute Gasteiger partial charge is 0.341 e. The molecule has 2 aromatic carbocycles. The molecule has 3 rings (SSSR count). The van der Waals surface area contributed by atoms with E-state index in [1.54, 1.807) is 0 Å². The molecule has 1 N–H and O–H groups in total. The number of hydrogen-bond donors (Lipinski definition) is 1. The molecule has 0 aliphatic carbocycles. The number of benzene rings is 2. The predicted octanol–water partition coefficient (Wildman–Crippen LogP) is 4.02. The molecule has 3 heteroatoms. The number of nitrogens with zero attached hydrogens (tertiary/aromatic N) is 1. The summed E-state index contributed by atoms with van der Waals surface area (Å²) in [7, 11) is 0. The number of nitrogens with one attached hydrogen (secondary N) is 1. The van der Waals surface area contributed by atoms with Crippen molar-refractivity contribution < 1.29 is 0 Å². The summed E-state index contributed by atoms with van der Waals surface area (Å²) in [5, 5.41) is 2.28. The lowest BCUT2D eigenvalue weighted by Crippen LogP contribution is -1.85. The van der Waals surface area contributed by atoms with Gasteiger partial charge in [-0.3, -0.25) is 0 Å². The molecule has 0 radical (unpaired) electrons. The van der Waals surface area contributed by atoms with E-state index >= 15 is 0 Å². The van der Waals surface area contributed by atoms with Crippen molar-refractivity contribution in [3.05, 3.63) is 42.2 Å². The second kappa shape index (κ2) is 3.49. The van der Waals surface area contributed by atoms with E-state index in [0.29, 0.717) is 0 Å². The standard InChI is InChI=1S/C13H11ClN2/c1-8(14)13-15-11-7-6-9-4-2-3-5-10(9)12(11)16-13/h2-8H,1H3,(H,15,16)/t8-/m1/s1. The minimum Gasteiger partial charge on any atom is -0.341 e. The third-order valence-corrected chi connectivity index (χ3v) is 2.98. The van der Waals surface area contributed by atoms with Crippen LogP contribution < -0.4 is 0 Å². The number of aromatic nitrogens is 2. The van der Waals surface area contributed by atoms with Gasteiger partial charge in [0.15, 0.2) is 0 Å². The van der Waals surface area contributed by atoms with Crippen LogP contribution in [0.5, 0.6) is 0 Å². The molecule has 0 spiro atoms. The number of aromatic amines is 1. The predicted molar refractivity (Wildman–Crippen MR) is 67.9 cm³/mol. The third kappa shape index (κ3) is 1.38. The van der Waals surface area contributed by atoms with Crippen LogP contribution >= 0.6 is 11.6 Å². The van der Waals surface area contributed by atoms with Gasteiger partial charge in [-0.15, -0.1) is 11.6 Å². The Morgan fingerprint density at radius 3 is 2.81 bits per heavy atom. The Morgan fingerprint density at radius 1 is 1.19 bits per heavy atom. The van der Waals surface area contributed by atoms with Crippen molar-refractivity contribution in [2.75, 3.05) is 0 Å². The Bertz CT molecular complexity index is 655. The molecule has 0 unspecified atom stereocenters. The van der Waals surface area contributed by atoms with Crippen LogP contribution in [0.1, 0.15) is 18.1 Å². The second-order valence-corrected chi connectivity index (χ2v) is 4.58. The number of rotatable bonds is 1. The number of fused-ring (bicyclic) bond motifs is 3. The highest BCUT2D eigenvalue weighted by atomic mass is 35.5. The fourth-order valence-electron chi connectivity index (χ4n) is 1.95. The minimum atomic E-state index is -0.0915. The summed E-state index contributed by atoms with van der Waals surface area (Å²) in [6.45, 7) is 1.92. The molecule has 0 bridgehead atoms. The van der Waals surface area contributed by atoms with Gasteiger partial charge in [0.25, 0.3) is 0 Å². The first kappa shape index (κ1) is 9.67. The number of H-pyrrole nitrogens is 1. The quantitative estimate of drug-likeness (QED) is 0.629. The van der Waals surface area contributed by atoms with Gasteiger partial charge in [-0.2, -0.15) is 0 Å². The Balaban J connectivity index is 2.41. The lowest BCUT2D eigenvalue weighted by atomic mass is 10.1. The maximum atomic E-state index is 6.03. The highest BCUT2D eigenvalue weighted by Gasteiger charge is 2.09. The fourth-order valence-corrected chi connectivity index (χ4v) is 2.05. The Labute approximate surface area is 98.3 Å². The smallest absolute Gasteiger partial charge is 0.125 e. The van der Waals surface area contributed by atoms with E-state index in [0.717, 1.165) is 16.9 Å². The van der Waals surface area contributed by atoms with Gasteiger partial charge < -0.3 is 4.98 Å². The number of alkyl halides is 1. The normalized spacial score (nSPS) is 13.4. The average molecular weight is 231 g/mol. The molecular weight excluding hydrogens is 220 g/mol. The first-order chi connectivity index (χ1) is 7.75. The molecule has 0 saturated heterocycles. The molecule has 0 saturated carbocycles. The van der Waals surface area contributed by atoms with Gasteiger partial charge in [-0.05, 0) is 18.4 Å². The van der Waals surface area contributed by atoms with Crippen molar-refractivity contribution in [3.63, 3.8) is 0 Å². The van der Waals surface area contributed by atoms with E-state index in [1.807, 2.05) is 25.1 Å². The summed E-state index contributed by atoms with van der Waals surface area (Å²) in [4.78, 5) is 7.80. The van der Waals surface area contributed by atoms with E-state index in [4.69, 9.17) is 11.6 Å². The number of halogens is 1. The van der Waals surface area contributed by atoms with E-state index < -0.39 is 0 Å². The molecule has 80 valence electrons. The Hall–Kier alpha value is -1.54. The zero-order chi connectivity index (χ0) is 11.1.